The molecule has 0 aromatic heterocycles. The molecular weight excluding hydrogens is 334 g/mol. The van der Waals surface area contributed by atoms with Gasteiger partial charge in [-0.25, -0.2) is 0 Å². The summed E-state index contributed by atoms with van der Waals surface area (Å²) in [6.07, 6.45) is 0.266. The van der Waals surface area contributed by atoms with Crippen LogP contribution in [0.3, 0.4) is 0 Å². The molecule has 0 saturated heterocycles. The molecule has 0 saturated carbocycles. The highest BCUT2D eigenvalue weighted by Crippen LogP contribution is 2.28. The minimum atomic E-state index is -0.0888. The zero-order chi connectivity index (χ0) is 15.2. The number of anilines is 1. The van der Waals surface area contributed by atoms with Gasteiger partial charge in [0.15, 0.2) is 11.5 Å². The molecule has 0 unspecified atom stereocenters. The minimum absolute atomic E-state index is 0.0888. The van der Waals surface area contributed by atoms with E-state index in [1.165, 1.54) is 0 Å². The number of hydrogen-bond acceptors (Lipinski definition) is 3. The fourth-order valence-electron chi connectivity index (χ4n) is 1.93. The van der Waals surface area contributed by atoms with Gasteiger partial charge in [0, 0.05) is 4.47 Å². The highest BCUT2D eigenvalue weighted by Gasteiger charge is 2.09. The molecule has 1 N–H and O–H groups in total. The molecule has 2 aromatic rings. The molecule has 0 aliphatic heterocycles. The van der Waals surface area contributed by atoms with Crippen LogP contribution in [0.4, 0.5) is 5.69 Å². The van der Waals surface area contributed by atoms with E-state index < -0.39 is 0 Å². The van der Waals surface area contributed by atoms with E-state index in [1.54, 1.807) is 26.4 Å². The smallest absolute Gasteiger partial charge is 0.228 e. The molecule has 0 spiro atoms. The second-order valence-electron chi connectivity index (χ2n) is 4.39. The monoisotopic (exact) mass is 349 g/mol. The fraction of sp³-hybridized carbons (Fsp3) is 0.188. The number of carbonyl (C=O) groups excluding carboxylic acids is 1. The zero-order valence-electron chi connectivity index (χ0n) is 11.9. The Morgan fingerprint density at radius 2 is 1.81 bits per heavy atom. The van der Waals surface area contributed by atoms with Crippen LogP contribution in [0.5, 0.6) is 11.5 Å². The Morgan fingerprint density at radius 1 is 1.10 bits per heavy atom. The van der Waals surface area contributed by atoms with Gasteiger partial charge in [-0.15, -0.1) is 0 Å². The number of para-hydroxylation sites is 1. The van der Waals surface area contributed by atoms with Crippen LogP contribution in [0.2, 0.25) is 0 Å². The normalized spacial score (nSPS) is 10.0. The van der Waals surface area contributed by atoms with Crippen LogP contribution in [0.15, 0.2) is 46.9 Å². The molecule has 2 rings (SSSR count). The predicted molar refractivity (Wildman–Crippen MR) is 86.0 cm³/mol. The van der Waals surface area contributed by atoms with Crippen molar-refractivity contribution in [1.29, 1.82) is 0 Å². The summed E-state index contributed by atoms with van der Waals surface area (Å²) in [6, 6.07) is 12.9. The molecule has 0 heterocycles. The van der Waals surface area contributed by atoms with Gasteiger partial charge >= 0.3 is 0 Å². The van der Waals surface area contributed by atoms with Crippen LogP contribution in [0.25, 0.3) is 0 Å². The average Bonchev–Trinajstić information content (AvgIpc) is 2.49. The highest BCUT2D eigenvalue weighted by molar-refractivity contribution is 9.10. The average molecular weight is 350 g/mol. The van der Waals surface area contributed by atoms with Crippen molar-refractivity contribution in [3.8, 4) is 11.5 Å². The summed E-state index contributed by atoms with van der Waals surface area (Å²) in [5.74, 6) is 1.17. The third kappa shape index (κ3) is 3.98. The summed E-state index contributed by atoms with van der Waals surface area (Å²) >= 11 is 3.40. The lowest BCUT2D eigenvalue weighted by atomic mass is 10.1. The van der Waals surface area contributed by atoms with Gasteiger partial charge < -0.3 is 14.8 Å². The van der Waals surface area contributed by atoms with Crippen molar-refractivity contribution in [2.24, 2.45) is 0 Å². The SMILES string of the molecule is COc1ccc(CC(=O)Nc2ccccc2Br)cc1OC. The van der Waals surface area contributed by atoms with Gasteiger partial charge in [0.25, 0.3) is 0 Å². The lowest BCUT2D eigenvalue weighted by molar-refractivity contribution is -0.115. The van der Waals surface area contributed by atoms with Gasteiger partial charge in [-0.3, -0.25) is 4.79 Å². The van der Waals surface area contributed by atoms with Crippen molar-refractivity contribution in [1.82, 2.24) is 0 Å². The quantitative estimate of drug-likeness (QED) is 0.896. The fourth-order valence-corrected chi connectivity index (χ4v) is 2.32. The standard InChI is InChI=1S/C16H16BrNO3/c1-20-14-8-7-11(9-15(14)21-2)10-16(19)18-13-6-4-3-5-12(13)17/h3-9H,10H2,1-2H3,(H,18,19). The first-order chi connectivity index (χ1) is 10.1. The largest absolute Gasteiger partial charge is 0.493 e. The lowest BCUT2D eigenvalue weighted by Gasteiger charge is -2.10. The molecular formula is C16H16BrNO3. The van der Waals surface area contributed by atoms with E-state index in [0.717, 1.165) is 15.7 Å². The Hall–Kier alpha value is -2.01. The Kier molecular flexibility index (Phi) is 5.22. The van der Waals surface area contributed by atoms with E-state index in [9.17, 15) is 4.79 Å². The van der Waals surface area contributed by atoms with Crippen molar-refractivity contribution >= 4 is 27.5 Å². The lowest BCUT2D eigenvalue weighted by Crippen LogP contribution is -2.14. The Morgan fingerprint density at radius 3 is 2.48 bits per heavy atom. The van der Waals surface area contributed by atoms with Gasteiger partial charge in [0.2, 0.25) is 5.91 Å². The summed E-state index contributed by atoms with van der Waals surface area (Å²) < 4.78 is 11.3. The molecule has 0 atom stereocenters. The van der Waals surface area contributed by atoms with Gasteiger partial charge in [0.1, 0.15) is 0 Å². The van der Waals surface area contributed by atoms with Crippen LogP contribution in [0, 0.1) is 0 Å². The van der Waals surface area contributed by atoms with Crippen LogP contribution in [-0.4, -0.2) is 20.1 Å². The number of amides is 1. The Balaban J connectivity index is 2.08. The molecule has 0 aliphatic carbocycles. The summed E-state index contributed by atoms with van der Waals surface area (Å²) in [5.41, 5.74) is 1.61. The summed E-state index contributed by atoms with van der Waals surface area (Å²) in [7, 11) is 3.15. The first-order valence-corrected chi connectivity index (χ1v) is 7.18. The molecule has 110 valence electrons. The van der Waals surface area contributed by atoms with Crippen molar-refractivity contribution < 1.29 is 14.3 Å². The Labute approximate surface area is 132 Å². The van der Waals surface area contributed by atoms with Crippen LogP contribution >= 0.6 is 15.9 Å². The summed E-state index contributed by atoms with van der Waals surface area (Å²) in [4.78, 5) is 12.1. The second kappa shape index (κ2) is 7.13. The maximum absolute atomic E-state index is 12.1. The van der Waals surface area contributed by atoms with Crippen LogP contribution < -0.4 is 14.8 Å². The number of halogens is 1. The molecule has 2 aromatic carbocycles. The van der Waals surface area contributed by atoms with E-state index in [1.807, 2.05) is 30.3 Å². The summed E-state index contributed by atoms with van der Waals surface area (Å²) in [5, 5.41) is 2.87. The number of carbonyl (C=O) groups is 1. The molecule has 1 amide bonds. The third-order valence-electron chi connectivity index (χ3n) is 2.96. The molecule has 0 radical (unpaired) electrons. The molecule has 21 heavy (non-hydrogen) atoms. The zero-order valence-corrected chi connectivity index (χ0v) is 13.4. The first-order valence-electron chi connectivity index (χ1n) is 6.39. The maximum atomic E-state index is 12.1. The van der Waals surface area contributed by atoms with E-state index in [0.29, 0.717) is 11.5 Å². The first kappa shape index (κ1) is 15.4. The minimum Gasteiger partial charge on any atom is -0.493 e. The number of rotatable bonds is 5. The van der Waals surface area contributed by atoms with E-state index >= 15 is 0 Å². The van der Waals surface area contributed by atoms with E-state index in [-0.39, 0.29) is 12.3 Å². The predicted octanol–water partition coefficient (Wildman–Crippen LogP) is 3.65. The highest BCUT2D eigenvalue weighted by atomic mass is 79.9. The Bertz CT molecular complexity index is 643. The number of ether oxygens (including phenoxy) is 2. The van der Waals surface area contributed by atoms with Crippen LogP contribution in [0.1, 0.15) is 5.56 Å². The van der Waals surface area contributed by atoms with Crippen molar-refractivity contribution in [2.45, 2.75) is 6.42 Å². The van der Waals surface area contributed by atoms with Gasteiger partial charge in [-0.1, -0.05) is 18.2 Å². The summed E-state index contributed by atoms with van der Waals surface area (Å²) in [6.45, 7) is 0. The molecule has 4 nitrogen and oxygen atoms in total. The molecule has 0 aliphatic rings. The topological polar surface area (TPSA) is 47.6 Å². The molecule has 5 heteroatoms. The number of hydrogen-bond donors (Lipinski definition) is 1. The van der Waals surface area contributed by atoms with Crippen molar-refractivity contribution in [3.05, 3.63) is 52.5 Å². The van der Waals surface area contributed by atoms with Crippen molar-refractivity contribution in [3.63, 3.8) is 0 Å². The van der Waals surface area contributed by atoms with Gasteiger partial charge in [-0.05, 0) is 45.8 Å². The molecule has 0 fully saturated rings. The van der Waals surface area contributed by atoms with E-state index in [4.69, 9.17) is 9.47 Å². The van der Waals surface area contributed by atoms with E-state index in [2.05, 4.69) is 21.2 Å². The number of methoxy groups -OCH3 is 2. The molecule has 0 bridgehead atoms. The second-order valence-corrected chi connectivity index (χ2v) is 5.25. The van der Waals surface area contributed by atoms with Gasteiger partial charge in [-0.2, -0.15) is 0 Å². The van der Waals surface area contributed by atoms with Crippen molar-refractivity contribution in [2.75, 3.05) is 19.5 Å². The number of benzene rings is 2. The maximum Gasteiger partial charge on any atom is 0.228 e. The van der Waals surface area contributed by atoms with Gasteiger partial charge in [0.05, 0.1) is 26.3 Å². The number of nitrogens with one attached hydrogen (secondary N) is 1. The third-order valence-corrected chi connectivity index (χ3v) is 3.65. The van der Waals surface area contributed by atoms with Crippen LogP contribution in [-0.2, 0) is 11.2 Å².